The zero-order chi connectivity index (χ0) is 14.7. The van der Waals surface area contributed by atoms with Crippen LogP contribution in [0.15, 0.2) is 42.5 Å². The number of nitrogens with one attached hydrogen (secondary N) is 1. The van der Waals surface area contributed by atoms with Gasteiger partial charge in [-0.1, -0.05) is 18.2 Å². The molecule has 2 aromatic carbocycles. The maximum atomic E-state index is 12.1. The minimum absolute atomic E-state index is 0.0471. The Kier molecular flexibility index (Phi) is 4.05. The lowest BCUT2D eigenvalue weighted by molar-refractivity contribution is 0.102. The quantitative estimate of drug-likeness (QED) is 0.803. The predicted molar refractivity (Wildman–Crippen MR) is 77.9 cm³/mol. The van der Waals surface area contributed by atoms with E-state index >= 15 is 0 Å². The topological polar surface area (TPSA) is 69.6 Å². The van der Waals surface area contributed by atoms with Crippen molar-refractivity contribution < 1.29 is 15.0 Å². The molecule has 1 atom stereocenters. The summed E-state index contributed by atoms with van der Waals surface area (Å²) in [4.78, 5) is 12.1. The summed E-state index contributed by atoms with van der Waals surface area (Å²) in [6.07, 6.45) is -0.598. The Morgan fingerprint density at radius 3 is 2.60 bits per heavy atom. The van der Waals surface area contributed by atoms with Gasteiger partial charge in [0, 0.05) is 5.69 Å². The van der Waals surface area contributed by atoms with Gasteiger partial charge in [0.05, 0.1) is 11.7 Å². The average Bonchev–Trinajstić information content (AvgIpc) is 2.38. The van der Waals surface area contributed by atoms with Gasteiger partial charge in [0.15, 0.2) is 0 Å². The summed E-state index contributed by atoms with van der Waals surface area (Å²) < 4.78 is 0. The predicted octanol–water partition coefficient (Wildman–Crippen LogP) is 3.01. The molecule has 4 heteroatoms. The molecule has 0 heterocycles. The zero-order valence-corrected chi connectivity index (χ0v) is 11.4. The summed E-state index contributed by atoms with van der Waals surface area (Å²) in [6, 6.07) is 11.9. The van der Waals surface area contributed by atoms with Gasteiger partial charge in [-0.15, -0.1) is 0 Å². The number of aromatic hydroxyl groups is 1. The maximum absolute atomic E-state index is 12.1. The van der Waals surface area contributed by atoms with E-state index in [2.05, 4.69) is 5.32 Å². The number of phenolic OH excluding ortho intramolecular Hbond substituents is 1. The number of rotatable bonds is 3. The third-order valence-electron chi connectivity index (χ3n) is 3.02. The molecule has 0 aliphatic carbocycles. The lowest BCUT2D eigenvalue weighted by Crippen LogP contribution is -2.12. The van der Waals surface area contributed by atoms with Crippen molar-refractivity contribution in [3.8, 4) is 5.75 Å². The monoisotopic (exact) mass is 271 g/mol. The fraction of sp³-hybridized carbons (Fsp3) is 0.188. The van der Waals surface area contributed by atoms with Gasteiger partial charge in [-0.2, -0.15) is 0 Å². The molecule has 2 rings (SSSR count). The molecule has 20 heavy (non-hydrogen) atoms. The SMILES string of the molecule is Cc1ccc(C(=O)Nc2cccc(C(C)O)c2)c(O)c1. The van der Waals surface area contributed by atoms with Crippen LogP contribution in [0, 0.1) is 6.92 Å². The van der Waals surface area contributed by atoms with Crippen LogP contribution in [0.2, 0.25) is 0 Å². The molecule has 3 N–H and O–H groups in total. The fourth-order valence-corrected chi connectivity index (χ4v) is 1.91. The number of hydrogen-bond donors (Lipinski definition) is 3. The van der Waals surface area contributed by atoms with Crippen molar-refractivity contribution >= 4 is 11.6 Å². The van der Waals surface area contributed by atoms with Crippen LogP contribution in [0.25, 0.3) is 0 Å². The van der Waals surface area contributed by atoms with Crippen molar-refractivity contribution in [1.82, 2.24) is 0 Å². The lowest BCUT2D eigenvalue weighted by atomic mass is 10.1. The summed E-state index contributed by atoms with van der Waals surface area (Å²) in [6.45, 7) is 3.50. The third-order valence-corrected chi connectivity index (χ3v) is 3.02. The summed E-state index contributed by atoms with van der Waals surface area (Å²) in [5, 5.41) is 22.0. The number of benzene rings is 2. The number of hydrogen-bond acceptors (Lipinski definition) is 3. The van der Waals surface area contributed by atoms with Gasteiger partial charge in [0.1, 0.15) is 5.75 Å². The maximum Gasteiger partial charge on any atom is 0.259 e. The minimum Gasteiger partial charge on any atom is -0.507 e. The molecule has 1 amide bonds. The van der Waals surface area contributed by atoms with Crippen molar-refractivity contribution in [1.29, 1.82) is 0 Å². The number of carbonyl (C=O) groups excluding carboxylic acids is 1. The smallest absolute Gasteiger partial charge is 0.259 e. The molecule has 0 radical (unpaired) electrons. The second kappa shape index (κ2) is 5.75. The number of aliphatic hydroxyl groups is 1. The van der Waals surface area contributed by atoms with Crippen molar-refractivity contribution in [3.63, 3.8) is 0 Å². The van der Waals surface area contributed by atoms with E-state index in [4.69, 9.17) is 0 Å². The first-order valence-corrected chi connectivity index (χ1v) is 6.36. The molecule has 4 nitrogen and oxygen atoms in total. The standard InChI is InChI=1S/C16H17NO3/c1-10-6-7-14(15(19)8-10)16(20)17-13-5-3-4-12(9-13)11(2)18/h3-9,11,18-19H,1-2H3,(H,17,20). The second-order valence-corrected chi connectivity index (χ2v) is 4.78. The van der Waals surface area contributed by atoms with Crippen molar-refractivity contribution in [2.24, 2.45) is 0 Å². The summed E-state index contributed by atoms with van der Waals surface area (Å²) >= 11 is 0. The fourth-order valence-electron chi connectivity index (χ4n) is 1.91. The highest BCUT2D eigenvalue weighted by molar-refractivity contribution is 6.06. The van der Waals surface area contributed by atoms with Crippen molar-refractivity contribution in [2.75, 3.05) is 5.32 Å². The van der Waals surface area contributed by atoms with Crippen LogP contribution < -0.4 is 5.32 Å². The Labute approximate surface area is 117 Å². The van der Waals surface area contributed by atoms with Crippen LogP contribution in [0.1, 0.15) is 34.5 Å². The van der Waals surface area contributed by atoms with Gasteiger partial charge in [0.2, 0.25) is 0 Å². The molecule has 0 bridgehead atoms. The molecular formula is C16H17NO3. The van der Waals surface area contributed by atoms with Crippen molar-refractivity contribution in [3.05, 3.63) is 59.2 Å². The van der Waals surface area contributed by atoms with Crippen LogP contribution >= 0.6 is 0 Å². The second-order valence-electron chi connectivity index (χ2n) is 4.78. The van der Waals surface area contributed by atoms with E-state index in [0.717, 1.165) is 11.1 Å². The number of amides is 1. The molecule has 1 unspecified atom stereocenters. The van der Waals surface area contributed by atoms with Gasteiger partial charge in [-0.3, -0.25) is 4.79 Å². The Balaban J connectivity index is 2.21. The molecule has 0 spiro atoms. The van der Waals surface area contributed by atoms with E-state index in [0.29, 0.717) is 5.69 Å². The van der Waals surface area contributed by atoms with E-state index in [1.807, 2.05) is 6.92 Å². The first-order valence-electron chi connectivity index (χ1n) is 6.36. The van der Waals surface area contributed by atoms with Gasteiger partial charge >= 0.3 is 0 Å². The van der Waals surface area contributed by atoms with Crippen LogP contribution in [0.4, 0.5) is 5.69 Å². The van der Waals surface area contributed by atoms with Gasteiger partial charge < -0.3 is 15.5 Å². The Hall–Kier alpha value is -2.33. The van der Waals surface area contributed by atoms with Gasteiger partial charge in [0.25, 0.3) is 5.91 Å². The normalized spacial score (nSPS) is 11.9. The van der Waals surface area contributed by atoms with Gasteiger partial charge in [-0.05, 0) is 49.2 Å². The molecule has 2 aromatic rings. The molecule has 0 saturated carbocycles. The average molecular weight is 271 g/mol. The van der Waals surface area contributed by atoms with E-state index in [1.165, 1.54) is 0 Å². The largest absolute Gasteiger partial charge is 0.507 e. The summed E-state index contributed by atoms with van der Waals surface area (Å²) in [5.74, 6) is -0.431. The zero-order valence-electron chi connectivity index (χ0n) is 11.4. The minimum atomic E-state index is -0.598. The van der Waals surface area contributed by atoms with Crippen LogP contribution in [0.5, 0.6) is 5.75 Å². The molecule has 0 aliphatic heterocycles. The van der Waals surface area contributed by atoms with E-state index in [9.17, 15) is 15.0 Å². The van der Waals surface area contributed by atoms with E-state index < -0.39 is 6.10 Å². The number of aryl methyl sites for hydroxylation is 1. The molecule has 104 valence electrons. The van der Waals surface area contributed by atoms with E-state index in [-0.39, 0.29) is 17.2 Å². The molecule has 0 saturated heterocycles. The number of aliphatic hydroxyl groups excluding tert-OH is 1. The Bertz CT molecular complexity index is 635. The van der Waals surface area contributed by atoms with Gasteiger partial charge in [-0.25, -0.2) is 0 Å². The van der Waals surface area contributed by atoms with Crippen LogP contribution in [0.3, 0.4) is 0 Å². The molecule has 0 aliphatic rings. The Morgan fingerprint density at radius 2 is 1.95 bits per heavy atom. The third kappa shape index (κ3) is 3.16. The molecule has 0 fully saturated rings. The number of phenols is 1. The molecular weight excluding hydrogens is 254 g/mol. The summed E-state index contributed by atoms with van der Waals surface area (Å²) in [5.41, 5.74) is 2.40. The van der Waals surface area contributed by atoms with Crippen LogP contribution in [-0.4, -0.2) is 16.1 Å². The highest BCUT2D eigenvalue weighted by Gasteiger charge is 2.11. The number of anilines is 1. The highest BCUT2D eigenvalue weighted by Crippen LogP contribution is 2.21. The number of carbonyl (C=O) groups is 1. The highest BCUT2D eigenvalue weighted by atomic mass is 16.3. The summed E-state index contributed by atoms with van der Waals surface area (Å²) in [7, 11) is 0. The van der Waals surface area contributed by atoms with E-state index in [1.54, 1.807) is 49.4 Å². The molecule has 0 aromatic heterocycles. The first kappa shape index (κ1) is 14.1. The first-order chi connectivity index (χ1) is 9.47. The lowest BCUT2D eigenvalue weighted by Gasteiger charge is -2.10. The van der Waals surface area contributed by atoms with Crippen molar-refractivity contribution in [2.45, 2.75) is 20.0 Å². The van der Waals surface area contributed by atoms with Crippen LogP contribution in [-0.2, 0) is 0 Å². The Morgan fingerprint density at radius 1 is 1.20 bits per heavy atom.